The minimum atomic E-state index is -1.26. The molecule has 0 amide bonds. The molecule has 1 atom stereocenters. The van der Waals surface area contributed by atoms with Crippen LogP contribution >= 0.6 is 0 Å². The van der Waals surface area contributed by atoms with Crippen LogP contribution in [0.25, 0.3) is 11.0 Å². The smallest absolute Gasteiger partial charge is 0.328 e. The lowest BCUT2D eigenvalue weighted by Gasteiger charge is -2.31. The number of aromatic nitrogens is 1. The van der Waals surface area contributed by atoms with E-state index in [2.05, 4.69) is 15.4 Å². The van der Waals surface area contributed by atoms with E-state index >= 15 is 0 Å². The molecule has 37 heavy (non-hydrogen) atoms. The molecule has 0 bridgehead atoms. The number of phenolic OH excluding ortho intramolecular Hbond substituents is 1. The summed E-state index contributed by atoms with van der Waals surface area (Å²) in [6, 6.07) is 10.7. The maximum Gasteiger partial charge on any atom is 0.328 e. The molecular weight excluding hydrogens is 485 g/mol. The molecule has 0 aliphatic carbocycles. The predicted octanol–water partition coefficient (Wildman–Crippen LogP) is 2.97. The summed E-state index contributed by atoms with van der Waals surface area (Å²) in [4.78, 5) is 21.6. The topological polar surface area (TPSA) is 168 Å². The average Bonchev–Trinajstić information content (AvgIpc) is 3.45. The van der Waals surface area contributed by atoms with E-state index in [0.29, 0.717) is 35.4 Å². The number of rotatable bonds is 6. The summed E-state index contributed by atoms with van der Waals surface area (Å²) in [7, 11) is 0. The number of nitrogens with one attached hydrogen (secondary N) is 1. The fraction of sp³-hybridized carbons (Fsp3) is 0.346. The van der Waals surface area contributed by atoms with Crippen molar-refractivity contribution < 1.29 is 39.3 Å². The number of halogens is 1. The van der Waals surface area contributed by atoms with Gasteiger partial charge < -0.3 is 35.5 Å². The van der Waals surface area contributed by atoms with Crippen molar-refractivity contribution in [3.8, 4) is 5.75 Å². The van der Waals surface area contributed by atoms with E-state index < -0.39 is 11.9 Å². The van der Waals surface area contributed by atoms with Crippen LogP contribution < -0.4 is 5.32 Å². The van der Waals surface area contributed by atoms with Gasteiger partial charge in [0, 0.05) is 42.1 Å². The first-order chi connectivity index (χ1) is 17.3. The lowest BCUT2D eigenvalue weighted by Crippen LogP contribution is -2.35. The number of benzene rings is 2. The Bertz CT molecular complexity index is 1250. The Morgan fingerprint density at radius 2 is 1.81 bits per heavy atom. The molecule has 2 aliphatic heterocycles. The zero-order valence-corrected chi connectivity index (χ0v) is 20.1. The summed E-state index contributed by atoms with van der Waals surface area (Å²) in [6.45, 7) is 3.95. The Hall–Kier alpha value is -3.80. The maximum atomic E-state index is 13.4. The van der Waals surface area contributed by atoms with Crippen molar-refractivity contribution in [2.45, 2.75) is 37.8 Å². The van der Waals surface area contributed by atoms with Crippen LogP contribution in [0.3, 0.4) is 0 Å². The quantitative estimate of drug-likeness (QED) is 0.361. The molecule has 1 saturated heterocycles. The van der Waals surface area contributed by atoms with Gasteiger partial charge in [0.05, 0.1) is 5.69 Å². The fourth-order valence-corrected chi connectivity index (χ4v) is 4.80. The highest BCUT2D eigenvalue weighted by Gasteiger charge is 2.27. The Morgan fingerprint density at radius 3 is 2.49 bits per heavy atom. The van der Waals surface area contributed by atoms with Gasteiger partial charge in [-0.1, -0.05) is 11.2 Å². The van der Waals surface area contributed by atoms with Gasteiger partial charge in [-0.2, -0.15) is 0 Å². The Kier molecular flexibility index (Phi) is 9.34. The van der Waals surface area contributed by atoms with E-state index in [1.807, 2.05) is 12.1 Å². The zero-order chi connectivity index (χ0) is 25.7. The molecule has 3 heterocycles. The second-order valence-corrected chi connectivity index (χ2v) is 8.94. The Morgan fingerprint density at radius 1 is 1.11 bits per heavy atom. The number of hydrogen-bond acceptors (Lipinski definition) is 7. The van der Waals surface area contributed by atoms with Gasteiger partial charge in [0.2, 0.25) is 0 Å². The number of carbonyl (C=O) groups is 2. The molecule has 1 unspecified atom stereocenters. The summed E-state index contributed by atoms with van der Waals surface area (Å²) in [5, 5.41) is 34.0. The molecule has 6 N–H and O–H groups in total. The SMILES string of the molecule is O.O=C(O)/C=C/C(=O)O.Oc1ccc2c(c1)CNC2CCN1CCC(c2noc3cc(F)ccc23)CC1. The van der Waals surface area contributed by atoms with E-state index in [-0.39, 0.29) is 11.3 Å². The van der Waals surface area contributed by atoms with Crippen molar-refractivity contribution >= 4 is 22.9 Å². The summed E-state index contributed by atoms with van der Waals surface area (Å²) < 4.78 is 18.7. The molecule has 2 aromatic carbocycles. The molecular formula is C26H30FN3O7. The van der Waals surface area contributed by atoms with Crippen LogP contribution in [-0.4, -0.2) is 62.4 Å². The number of aliphatic carboxylic acids is 2. The third kappa shape index (κ3) is 7.13. The summed E-state index contributed by atoms with van der Waals surface area (Å²) in [5.41, 5.74) is 4.03. The molecule has 1 aromatic heterocycles. The van der Waals surface area contributed by atoms with Gasteiger partial charge in [-0.3, -0.25) is 0 Å². The van der Waals surface area contributed by atoms with Gasteiger partial charge >= 0.3 is 11.9 Å². The van der Waals surface area contributed by atoms with Gasteiger partial charge in [0.15, 0.2) is 5.58 Å². The molecule has 0 spiro atoms. The van der Waals surface area contributed by atoms with Gasteiger partial charge in [-0.25, -0.2) is 14.0 Å². The standard InChI is InChI=1S/C22H24FN3O2.C4H4O4.H2O/c23-16-1-3-19-21(12-16)28-25-22(19)14-5-8-26(9-6-14)10-7-20-18-4-2-17(27)11-15(18)13-24-20;5-3(6)1-2-4(7)8;/h1-4,11-12,14,20,24,27H,5-10,13H2;1-2H,(H,5,6)(H,7,8);1H2/b;2-1+;. The lowest BCUT2D eigenvalue weighted by molar-refractivity contribution is -0.134. The van der Waals surface area contributed by atoms with E-state index in [9.17, 15) is 19.1 Å². The molecule has 2 aliphatic rings. The van der Waals surface area contributed by atoms with Crippen molar-refractivity contribution in [3.63, 3.8) is 0 Å². The zero-order valence-electron chi connectivity index (χ0n) is 20.1. The minimum absolute atomic E-state index is 0. The largest absolute Gasteiger partial charge is 0.508 e. The third-order valence-corrected chi connectivity index (χ3v) is 6.58. The fourth-order valence-electron chi connectivity index (χ4n) is 4.80. The Balaban J connectivity index is 0.000000370. The monoisotopic (exact) mass is 515 g/mol. The average molecular weight is 516 g/mol. The van der Waals surface area contributed by atoms with E-state index in [1.165, 1.54) is 23.3 Å². The maximum absolute atomic E-state index is 13.4. The van der Waals surface area contributed by atoms with Gasteiger partial charge in [0.25, 0.3) is 0 Å². The number of phenols is 1. The van der Waals surface area contributed by atoms with Crippen molar-refractivity contribution in [1.82, 2.24) is 15.4 Å². The van der Waals surface area contributed by atoms with Crippen molar-refractivity contribution in [2.75, 3.05) is 19.6 Å². The van der Waals surface area contributed by atoms with Crippen LogP contribution in [0, 0.1) is 5.82 Å². The highest BCUT2D eigenvalue weighted by atomic mass is 19.1. The van der Waals surface area contributed by atoms with Crippen molar-refractivity contribution in [2.24, 2.45) is 0 Å². The minimum Gasteiger partial charge on any atom is -0.508 e. The molecule has 5 rings (SSSR count). The summed E-state index contributed by atoms with van der Waals surface area (Å²) >= 11 is 0. The van der Waals surface area contributed by atoms with Crippen molar-refractivity contribution in [1.29, 1.82) is 0 Å². The molecule has 10 nitrogen and oxygen atoms in total. The number of carboxylic acid groups (broad SMARTS) is 2. The highest BCUT2D eigenvalue weighted by Crippen LogP contribution is 2.34. The van der Waals surface area contributed by atoms with Crippen LogP contribution in [0.15, 0.2) is 53.1 Å². The van der Waals surface area contributed by atoms with Crippen LogP contribution in [0.5, 0.6) is 5.75 Å². The first-order valence-electron chi connectivity index (χ1n) is 11.8. The van der Waals surface area contributed by atoms with Crippen LogP contribution in [0.1, 0.15) is 48.0 Å². The number of hydrogen-bond donors (Lipinski definition) is 4. The number of carboxylic acids is 2. The second-order valence-electron chi connectivity index (χ2n) is 8.94. The van der Waals surface area contributed by atoms with Crippen LogP contribution in [0.4, 0.5) is 4.39 Å². The van der Waals surface area contributed by atoms with Gasteiger partial charge in [-0.05, 0) is 74.3 Å². The third-order valence-electron chi connectivity index (χ3n) is 6.58. The number of likely N-dealkylation sites (tertiary alicyclic amines) is 1. The van der Waals surface area contributed by atoms with Gasteiger partial charge in [0.1, 0.15) is 11.6 Å². The molecule has 0 radical (unpaired) electrons. The van der Waals surface area contributed by atoms with E-state index in [0.717, 1.165) is 56.5 Å². The molecule has 198 valence electrons. The van der Waals surface area contributed by atoms with Crippen LogP contribution in [-0.2, 0) is 16.1 Å². The number of piperidine rings is 1. The second kappa shape index (κ2) is 12.4. The van der Waals surface area contributed by atoms with E-state index in [4.69, 9.17) is 14.7 Å². The predicted molar refractivity (Wildman–Crippen MR) is 133 cm³/mol. The van der Waals surface area contributed by atoms with Crippen molar-refractivity contribution in [3.05, 3.63) is 71.2 Å². The lowest BCUT2D eigenvalue weighted by atomic mass is 9.91. The first-order valence-corrected chi connectivity index (χ1v) is 11.8. The number of nitrogens with zero attached hydrogens (tertiary/aromatic N) is 2. The highest BCUT2D eigenvalue weighted by molar-refractivity contribution is 5.89. The molecule has 0 saturated carbocycles. The molecule has 3 aromatic rings. The normalized spacial score (nSPS) is 17.7. The van der Waals surface area contributed by atoms with Gasteiger partial charge in [-0.15, -0.1) is 0 Å². The number of aromatic hydroxyl groups is 1. The summed E-state index contributed by atoms with van der Waals surface area (Å²) in [6.07, 6.45) is 4.27. The Labute approximate surface area is 212 Å². The van der Waals surface area contributed by atoms with E-state index in [1.54, 1.807) is 12.1 Å². The molecule has 11 heteroatoms. The molecule has 1 fully saturated rings. The first kappa shape index (κ1) is 27.8. The summed E-state index contributed by atoms with van der Waals surface area (Å²) in [5.74, 6) is -2.09. The van der Waals surface area contributed by atoms with Crippen LogP contribution in [0.2, 0.25) is 0 Å². The number of fused-ring (bicyclic) bond motifs is 2.